The van der Waals surface area contributed by atoms with Gasteiger partial charge in [-0.25, -0.2) is 4.98 Å². The van der Waals surface area contributed by atoms with Gasteiger partial charge in [0, 0.05) is 32.4 Å². The van der Waals surface area contributed by atoms with E-state index < -0.39 is 6.10 Å². The van der Waals surface area contributed by atoms with Crippen LogP contribution in [0.2, 0.25) is 0 Å². The zero-order chi connectivity index (χ0) is 12.4. The molecule has 2 heterocycles. The van der Waals surface area contributed by atoms with Crippen LogP contribution in [0.25, 0.3) is 0 Å². The van der Waals surface area contributed by atoms with Crippen molar-refractivity contribution in [3.05, 3.63) is 35.7 Å². The molecule has 1 atom stereocenters. The van der Waals surface area contributed by atoms with Gasteiger partial charge in [0.1, 0.15) is 6.10 Å². The summed E-state index contributed by atoms with van der Waals surface area (Å²) < 4.78 is 3.66. The van der Waals surface area contributed by atoms with Crippen molar-refractivity contribution >= 4 is 0 Å². The standard InChI is InChI=1S/C12H18N4O/c1-4-9-5-10(16(3)14-9)6-12(17)11-7-15(2)8-13-11/h5,7-8,12,17H,4,6H2,1-3H3. The smallest absolute Gasteiger partial charge is 0.103 e. The molecule has 2 aromatic heterocycles. The Bertz CT molecular complexity index is 500. The van der Waals surface area contributed by atoms with Gasteiger partial charge in [0.25, 0.3) is 0 Å². The lowest BCUT2D eigenvalue weighted by Crippen LogP contribution is -2.06. The van der Waals surface area contributed by atoms with Gasteiger partial charge in [0.05, 0.1) is 17.7 Å². The Labute approximate surface area is 101 Å². The summed E-state index contributed by atoms with van der Waals surface area (Å²) in [4.78, 5) is 4.15. The van der Waals surface area contributed by atoms with Crippen LogP contribution >= 0.6 is 0 Å². The van der Waals surface area contributed by atoms with Gasteiger partial charge < -0.3 is 9.67 Å². The summed E-state index contributed by atoms with van der Waals surface area (Å²) in [6.07, 6.45) is 4.41. The molecule has 0 amide bonds. The summed E-state index contributed by atoms with van der Waals surface area (Å²) in [6, 6.07) is 2.03. The molecule has 0 saturated carbocycles. The molecule has 2 rings (SSSR count). The van der Waals surface area contributed by atoms with Crippen LogP contribution in [0.3, 0.4) is 0 Å². The number of rotatable bonds is 4. The second kappa shape index (κ2) is 4.71. The monoisotopic (exact) mass is 234 g/mol. The molecule has 0 bridgehead atoms. The lowest BCUT2D eigenvalue weighted by molar-refractivity contribution is 0.171. The van der Waals surface area contributed by atoms with E-state index in [2.05, 4.69) is 17.0 Å². The number of aryl methyl sites for hydroxylation is 3. The van der Waals surface area contributed by atoms with Gasteiger partial charge in [0.15, 0.2) is 0 Å². The van der Waals surface area contributed by atoms with Gasteiger partial charge in [-0.1, -0.05) is 6.92 Å². The quantitative estimate of drug-likeness (QED) is 0.858. The SMILES string of the molecule is CCc1cc(CC(O)c2cn(C)cn2)n(C)n1. The van der Waals surface area contributed by atoms with Crippen LogP contribution in [0.15, 0.2) is 18.6 Å². The van der Waals surface area contributed by atoms with Crippen molar-refractivity contribution in [1.82, 2.24) is 19.3 Å². The molecule has 0 radical (unpaired) electrons. The molecule has 1 unspecified atom stereocenters. The molecule has 0 saturated heterocycles. The Morgan fingerprint density at radius 1 is 1.41 bits per heavy atom. The van der Waals surface area contributed by atoms with Gasteiger partial charge >= 0.3 is 0 Å². The number of hydrogen-bond donors (Lipinski definition) is 1. The van der Waals surface area contributed by atoms with E-state index in [1.807, 2.05) is 35.6 Å². The summed E-state index contributed by atoms with van der Waals surface area (Å²) in [7, 11) is 3.79. The molecular formula is C12H18N4O. The molecule has 0 aliphatic heterocycles. The zero-order valence-corrected chi connectivity index (χ0v) is 10.5. The maximum atomic E-state index is 10.1. The third-order valence-electron chi connectivity index (χ3n) is 2.86. The average molecular weight is 234 g/mol. The van der Waals surface area contributed by atoms with E-state index in [1.54, 1.807) is 6.33 Å². The van der Waals surface area contributed by atoms with Gasteiger partial charge in [-0.3, -0.25) is 4.68 Å². The minimum absolute atomic E-state index is 0.542. The highest BCUT2D eigenvalue weighted by Gasteiger charge is 2.14. The van der Waals surface area contributed by atoms with Gasteiger partial charge in [-0.05, 0) is 12.5 Å². The predicted octanol–water partition coefficient (Wildman–Crippen LogP) is 0.992. The van der Waals surface area contributed by atoms with Crippen molar-refractivity contribution in [1.29, 1.82) is 0 Å². The first-order chi connectivity index (χ1) is 8.10. The van der Waals surface area contributed by atoms with Crippen molar-refractivity contribution in [2.45, 2.75) is 25.9 Å². The molecule has 17 heavy (non-hydrogen) atoms. The number of aliphatic hydroxyl groups excluding tert-OH is 1. The van der Waals surface area contributed by atoms with E-state index in [4.69, 9.17) is 0 Å². The molecule has 5 nitrogen and oxygen atoms in total. The highest BCUT2D eigenvalue weighted by Crippen LogP contribution is 2.16. The maximum absolute atomic E-state index is 10.1. The van der Waals surface area contributed by atoms with E-state index >= 15 is 0 Å². The first kappa shape index (κ1) is 11.9. The molecule has 0 fully saturated rings. The Morgan fingerprint density at radius 2 is 2.18 bits per heavy atom. The summed E-state index contributed by atoms with van der Waals surface area (Å²) >= 11 is 0. The molecule has 92 valence electrons. The zero-order valence-electron chi connectivity index (χ0n) is 10.5. The molecular weight excluding hydrogens is 216 g/mol. The molecule has 0 aliphatic rings. The number of nitrogens with zero attached hydrogens (tertiary/aromatic N) is 4. The fourth-order valence-corrected chi connectivity index (χ4v) is 1.84. The highest BCUT2D eigenvalue weighted by molar-refractivity contribution is 5.13. The minimum atomic E-state index is -0.573. The van der Waals surface area contributed by atoms with E-state index in [0.29, 0.717) is 12.1 Å². The number of aromatic nitrogens is 4. The Hall–Kier alpha value is -1.62. The summed E-state index contributed by atoms with van der Waals surface area (Å²) in [6.45, 7) is 2.07. The first-order valence-electron chi connectivity index (χ1n) is 5.78. The van der Waals surface area contributed by atoms with Gasteiger partial charge in [-0.15, -0.1) is 0 Å². The molecule has 2 aromatic rings. The number of imidazole rings is 1. The topological polar surface area (TPSA) is 55.9 Å². The fourth-order valence-electron chi connectivity index (χ4n) is 1.84. The van der Waals surface area contributed by atoms with Crippen LogP contribution < -0.4 is 0 Å². The third kappa shape index (κ3) is 2.55. The number of hydrogen-bond acceptors (Lipinski definition) is 3. The van der Waals surface area contributed by atoms with Gasteiger partial charge in [-0.2, -0.15) is 5.10 Å². The van der Waals surface area contributed by atoms with E-state index in [0.717, 1.165) is 17.8 Å². The van der Waals surface area contributed by atoms with E-state index in [1.165, 1.54) is 0 Å². The molecule has 0 spiro atoms. The fraction of sp³-hybridized carbons (Fsp3) is 0.500. The van der Waals surface area contributed by atoms with E-state index in [-0.39, 0.29) is 0 Å². The lowest BCUT2D eigenvalue weighted by atomic mass is 10.1. The molecule has 0 aliphatic carbocycles. The van der Waals surface area contributed by atoms with Crippen LogP contribution in [0.4, 0.5) is 0 Å². The Balaban J connectivity index is 2.12. The Morgan fingerprint density at radius 3 is 2.71 bits per heavy atom. The van der Waals surface area contributed by atoms with E-state index in [9.17, 15) is 5.11 Å². The Kier molecular flexibility index (Phi) is 3.28. The lowest BCUT2D eigenvalue weighted by Gasteiger charge is -2.07. The highest BCUT2D eigenvalue weighted by atomic mass is 16.3. The van der Waals surface area contributed by atoms with Crippen LogP contribution in [-0.2, 0) is 26.9 Å². The van der Waals surface area contributed by atoms with Crippen molar-refractivity contribution in [3.8, 4) is 0 Å². The van der Waals surface area contributed by atoms with Crippen molar-refractivity contribution in [3.63, 3.8) is 0 Å². The summed E-state index contributed by atoms with van der Waals surface area (Å²) in [5.41, 5.74) is 2.78. The van der Waals surface area contributed by atoms with Crippen LogP contribution in [0.5, 0.6) is 0 Å². The summed E-state index contributed by atoms with van der Waals surface area (Å²) in [5, 5.41) is 14.4. The second-order valence-corrected chi connectivity index (χ2v) is 4.29. The largest absolute Gasteiger partial charge is 0.386 e. The predicted molar refractivity (Wildman–Crippen MR) is 64.5 cm³/mol. The molecule has 0 aromatic carbocycles. The van der Waals surface area contributed by atoms with Crippen LogP contribution in [0.1, 0.15) is 30.1 Å². The van der Waals surface area contributed by atoms with Crippen molar-refractivity contribution in [2.75, 3.05) is 0 Å². The first-order valence-corrected chi connectivity index (χ1v) is 5.78. The third-order valence-corrected chi connectivity index (χ3v) is 2.86. The number of aliphatic hydroxyl groups is 1. The van der Waals surface area contributed by atoms with Gasteiger partial charge in [0.2, 0.25) is 0 Å². The van der Waals surface area contributed by atoms with Crippen molar-refractivity contribution in [2.24, 2.45) is 14.1 Å². The summed E-state index contributed by atoms with van der Waals surface area (Å²) in [5.74, 6) is 0. The van der Waals surface area contributed by atoms with Crippen LogP contribution in [0, 0.1) is 0 Å². The minimum Gasteiger partial charge on any atom is -0.386 e. The molecule has 1 N–H and O–H groups in total. The normalized spacial score (nSPS) is 12.9. The maximum Gasteiger partial charge on any atom is 0.103 e. The van der Waals surface area contributed by atoms with Crippen molar-refractivity contribution < 1.29 is 5.11 Å². The average Bonchev–Trinajstić information content (AvgIpc) is 2.86. The molecule has 5 heteroatoms. The second-order valence-electron chi connectivity index (χ2n) is 4.29. The van der Waals surface area contributed by atoms with Crippen LogP contribution in [-0.4, -0.2) is 24.4 Å².